The second-order valence-electron chi connectivity index (χ2n) is 4.18. The highest BCUT2D eigenvalue weighted by Gasteiger charge is 2.04. The van der Waals surface area contributed by atoms with Crippen LogP contribution in [0.1, 0.15) is 40.0 Å². The lowest BCUT2D eigenvalue weighted by molar-refractivity contribution is 0.823. The van der Waals surface area contributed by atoms with Gasteiger partial charge in [0.15, 0.2) is 0 Å². The van der Waals surface area contributed by atoms with Crippen LogP contribution in [0.15, 0.2) is 59.8 Å². The molecular weight excluding hydrogens is 218 g/mol. The molecule has 0 radical (unpaired) electrons. The molecule has 96 valence electrons. The Morgan fingerprint density at radius 2 is 1.94 bits per heavy atom. The van der Waals surface area contributed by atoms with Crippen molar-refractivity contribution in [2.75, 3.05) is 0 Å². The predicted molar refractivity (Wildman–Crippen MR) is 80.1 cm³/mol. The maximum absolute atomic E-state index is 8.68. The molecule has 0 heterocycles. The second-order valence-corrected chi connectivity index (χ2v) is 4.18. The van der Waals surface area contributed by atoms with Crippen molar-refractivity contribution in [3.05, 3.63) is 59.8 Å². The molecule has 0 unspecified atom stereocenters. The molecule has 0 aliphatic rings. The Morgan fingerprint density at radius 3 is 2.39 bits per heavy atom. The number of nitriles is 1. The van der Waals surface area contributed by atoms with Gasteiger partial charge in [0.1, 0.15) is 0 Å². The summed E-state index contributed by atoms with van der Waals surface area (Å²) in [5.74, 6) is 0. The van der Waals surface area contributed by atoms with Crippen LogP contribution < -0.4 is 0 Å². The SMILES string of the molecule is C=C/C(C)=C(\C=C/C)C(=C\C)/CCCC(=C)C#N. The molecule has 0 fully saturated rings. The fraction of sp³-hybridized carbons (Fsp3) is 0.353. The molecule has 0 amide bonds. The number of allylic oxidation sites excluding steroid dienone is 8. The van der Waals surface area contributed by atoms with Crippen LogP contribution in [-0.2, 0) is 0 Å². The summed E-state index contributed by atoms with van der Waals surface area (Å²) in [5.41, 5.74) is 4.37. The summed E-state index contributed by atoms with van der Waals surface area (Å²) in [5, 5.41) is 8.68. The minimum atomic E-state index is 0.655. The summed E-state index contributed by atoms with van der Waals surface area (Å²) in [6, 6.07) is 2.09. The average Bonchev–Trinajstić information content (AvgIpc) is 2.40. The number of hydrogen-bond donors (Lipinski definition) is 0. The van der Waals surface area contributed by atoms with E-state index in [9.17, 15) is 0 Å². The molecule has 0 aliphatic carbocycles. The van der Waals surface area contributed by atoms with Gasteiger partial charge < -0.3 is 0 Å². The lowest BCUT2D eigenvalue weighted by Gasteiger charge is -2.11. The molecular formula is C17H23N. The zero-order valence-electron chi connectivity index (χ0n) is 11.8. The second kappa shape index (κ2) is 9.24. The van der Waals surface area contributed by atoms with E-state index in [1.807, 2.05) is 26.0 Å². The van der Waals surface area contributed by atoms with E-state index in [1.54, 1.807) is 0 Å². The quantitative estimate of drug-likeness (QED) is 0.440. The van der Waals surface area contributed by atoms with Gasteiger partial charge >= 0.3 is 0 Å². The van der Waals surface area contributed by atoms with Gasteiger partial charge in [-0.05, 0) is 56.8 Å². The lowest BCUT2D eigenvalue weighted by atomic mass is 9.94. The Kier molecular flexibility index (Phi) is 8.31. The van der Waals surface area contributed by atoms with E-state index in [0.717, 1.165) is 19.3 Å². The molecule has 1 heteroatoms. The van der Waals surface area contributed by atoms with E-state index in [2.05, 4.69) is 38.3 Å². The lowest BCUT2D eigenvalue weighted by Crippen LogP contribution is -1.92. The van der Waals surface area contributed by atoms with Gasteiger partial charge in [0.25, 0.3) is 0 Å². The highest BCUT2D eigenvalue weighted by Crippen LogP contribution is 2.23. The normalized spacial score (nSPS) is 13.1. The van der Waals surface area contributed by atoms with Crippen molar-refractivity contribution in [1.82, 2.24) is 0 Å². The standard InChI is InChI=1S/C17H23N/c1-6-10-17(15(5)7-2)16(8-3)12-9-11-14(4)13-18/h6-8,10H,2,4,9,11-12H2,1,3,5H3/b10-6-,16-8-,17-15+. The Hall–Kier alpha value is -1.81. The third-order valence-corrected chi connectivity index (χ3v) is 2.84. The Labute approximate surface area is 112 Å². The topological polar surface area (TPSA) is 23.8 Å². The fourth-order valence-corrected chi connectivity index (χ4v) is 1.75. The highest BCUT2D eigenvalue weighted by molar-refractivity contribution is 5.45. The van der Waals surface area contributed by atoms with Crippen molar-refractivity contribution in [3.63, 3.8) is 0 Å². The first-order valence-corrected chi connectivity index (χ1v) is 6.30. The smallest absolute Gasteiger partial charge is 0.0940 e. The number of nitrogens with zero attached hydrogens (tertiary/aromatic N) is 1. The predicted octanol–water partition coefficient (Wildman–Crippen LogP) is 5.26. The summed E-state index contributed by atoms with van der Waals surface area (Å²) in [6.45, 7) is 13.7. The first-order chi connectivity index (χ1) is 8.60. The molecule has 0 aromatic carbocycles. The van der Waals surface area contributed by atoms with E-state index in [1.165, 1.54) is 16.7 Å². The Balaban J connectivity index is 4.82. The summed E-state index contributed by atoms with van der Waals surface area (Å²) in [4.78, 5) is 0. The summed E-state index contributed by atoms with van der Waals surface area (Å²) >= 11 is 0. The largest absolute Gasteiger partial charge is 0.193 e. The molecule has 0 saturated heterocycles. The molecule has 0 aromatic heterocycles. The van der Waals surface area contributed by atoms with Crippen LogP contribution in [0.5, 0.6) is 0 Å². The molecule has 0 aliphatic heterocycles. The van der Waals surface area contributed by atoms with Crippen molar-refractivity contribution in [3.8, 4) is 6.07 Å². The summed E-state index contributed by atoms with van der Waals surface area (Å²) in [7, 11) is 0. The van der Waals surface area contributed by atoms with Gasteiger partial charge in [0, 0.05) is 5.57 Å². The van der Waals surface area contributed by atoms with Crippen LogP contribution in [0.3, 0.4) is 0 Å². The van der Waals surface area contributed by atoms with E-state index >= 15 is 0 Å². The van der Waals surface area contributed by atoms with Gasteiger partial charge in [0.05, 0.1) is 6.07 Å². The van der Waals surface area contributed by atoms with Crippen molar-refractivity contribution in [2.24, 2.45) is 0 Å². The van der Waals surface area contributed by atoms with Crippen molar-refractivity contribution < 1.29 is 0 Å². The summed E-state index contributed by atoms with van der Waals surface area (Å²) in [6.07, 6.45) is 10.9. The molecule has 0 aromatic rings. The van der Waals surface area contributed by atoms with Gasteiger partial charge in [-0.1, -0.05) is 37.5 Å². The molecule has 0 atom stereocenters. The zero-order chi connectivity index (χ0) is 14.0. The average molecular weight is 241 g/mol. The van der Waals surface area contributed by atoms with Gasteiger partial charge in [-0.2, -0.15) is 5.26 Å². The van der Waals surface area contributed by atoms with Crippen LogP contribution in [0, 0.1) is 11.3 Å². The fourth-order valence-electron chi connectivity index (χ4n) is 1.75. The van der Waals surface area contributed by atoms with Crippen molar-refractivity contribution >= 4 is 0 Å². The first-order valence-electron chi connectivity index (χ1n) is 6.30. The first kappa shape index (κ1) is 16.2. The minimum Gasteiger partial charge on any atom is -0.193 e. The van der Waals surface area contributed by atoms with Crippen molar-refractivity contribution in [2.45, 2.75) is 40.0 Å². The molecule has 0 rings (SSSR count). The van der Waals surface area contributed by atoms with Crippen LogP contribution in [-0.4, -0.2) is 0 Å². The number of hydrogen-bond acceptors (Lipinski definition) is 1. The van der Waals surface area contributed by atoms with Gasteiger partial charge in [0.2, 0.25) is 0 Å². The minimum absolute atomic E-state index is 0.655. The number of rotatable bonds is 7. The van der Waals surface area contributed by atoms with Crippen LogP contribution >= 0.6 is 0 Å². The van der Waals surface area contributed by atoms with E-state index in [0.29, 0.717) is 5.57 Å². The monoisotopic (exact) mass is 241 g/mol. The maximum atomic E-state index is 8.68. The maximum Gasteiger partial charge on any atom is 0.0940 e. The molecule has 0 saturated carbocycles. The molecule has 0 bridgehead atoms. The zero-order valence-corrected chi connectivity index (χ0v) is 11.8. The molecule has 0 spiro atoms. The van der Waals surface area contributed by atoms with Crippen molar-refractivity contribution in [1.29, 1.82) is 5.26 Å². The van der Waals surface area contributed by atoms with Crippen LogP contribution in [0.25, 0.3) is 0 Å². The third-order valence-electron chi connectivity index (χ3n) is 2.84. The Bertz CT molecular complexity index is 425. The van der Waals surface area contributed by atoms with Crippen LogP contribution in [0.4, 0.5) is 0 Å². The van der Waals surface area contributed by atoms with E-state index in [4.69, 9.17) is 5.26 Å². The third kappa shape index (κ3) is 5.50. The highest BCUT2D eigenvalue weighted by atomic mass is 14.2. The van der Waals surface area contributed by atoms with Gasteiger partial charge in [-0.3, -0.25) is 0 Å². The molecule has 18 heavy (non-hydrogen) atoms. The Morgan fingerprint density at radius 1 is 1.28 bits per heavy atom. The van der Waals surface area contributed by atoms with Gasteiger partial charge in [-0.25, -0.2) is 0 Å². The van der Waals surface area contributed by atoms with E-state index in [-0.39, 0.29) is 0 Å². The molecule has 1 nitrogen and oxygen atoms in total. The van der Waals surface area contributed by atoms with Gasteiger partial charge in [-0.15, -0.1) is 0 Å². The summed E-state index contributed by atoms with van der Waals surface area (Å²) < 4.78 is 0. The van der Waals surface area contributed by atoms with Crippen LogP contribution in [0.2, 0.25) is 0 Å². The molecule has 0 N–H and O–H groups in total. The van der Waals surface area contributed by atoms with E-state index < -0.39 is 0 Å².